The number of hydrogen-bond acceptors (Lipinski definition) is 3. The summed E-state index contributed by atoms with van der Waals surface area (Å²) in [6.07, 6.45) is 0.870. The number of fused-ring (bicyclic) bond motifs is 1. The number of para-hydroxylation sites is 1. The van der Waals surface area contributed by atoms with Crippen LogP contribution in [-0.4, -0.2) is 28.8 Å². The standard InChI is InChI=1S/C22H21Cl2N3O2/c1-14-20(21(24)27(26-14)12-17-7-2-4-8-18(17)23)22(28)25-11-15-10-16-6-3-5-9-19(16)29-13-15/h2-9,15H,10-13H2,1H3,(H,25,28). The topological polar surface area (TPSA) is 56.2 Å². The SMILES string of the molecule is Cc1nn(Cc2ccccc2Cl)c(Cl)c1C(=O)NCC1COc2ccccc2C1. The maximum absolute atomic E-state index is 12.8. The Labute approximate surface area is 179 Å². The highest BCUT2D eigenvalue weighted by Crippen LogP contribution is 2.27. The van der Waals surface area contributed by atoms with E-state index in [0.717, 1.165) is 17.7 Å². The highest BCUT2D eigenvalue weighted by molar-refractivity contribution is 6.33. The van der Waals surface area contributed by atoms with Crippen molar-refractivity contribution in [2.75, 3.05) is 13.2 Å². The van der Waals surface area contributed by atoms with Crippen molar-refractivity contribution < 1.29 is 9.53 Å². The Morgan fingerprint density at radius 2 is 1.97 bits per heavy atom. The Kier molecular flexibility index (Phi) is 5.79. The average Bonchev–Trinajstić information content (AvgIpc) is 3.01. The summed E-state index contributed by atoms with van der Waals surface area (Å²) in [4.78, 5) is 12.8. The van der Waals surface area contributed by atoms with E-state index in [1.807, 2.05) is 42.5 Å². The zero-order valence-electron chi connectivity index (χ0n) is 16.0. The molecule has 1 aromatic heterocycles. The second-order valence-corrected chi connectivity index (χ2v) is 7.96. The number of hydrogen-bond donors (Lipinski definition) is 1. The van der Waals surface area contributed by atoms with Crippen molar-refractivity contribution in [3.63, 3.8) is 0 Å². The molecular formula is C22H21Cl2N3O2. The normalized spacial score (nSPS) is 15.5. The minimum absolute atomic E-state index is 0.214. The highest BCUT2D eigenvalue weighted by Gasteiger charge is 2.24. The molecule has 0 saturated carbocycles. The molecule has 0 saturated heterocycles. The first-order chi connectivity index (χ1) is 14.0. The molecule has 1 N–H and O–H groups in total. The number of nitrogens with one attached hydrogen (secondary N) is 1. The Bertz CT molecular complexity index is 1050. The van der Waals surface area contributed by atoms with Crippen molar-refractivity contribution in [2.45, 2.75) is 19.9 Å². The maximum atomic E-state index is 12.8. The van der Waals surface area contributed by atoms with E-state index in [-0.39, 0.29) is 11.8 Å². The molecule has 1 aliphatic rings. The van der Waals surface area contributed by atoms with Gasteiger partial charge in [0.2, 0.25) is 0 Å². The van der Waals surface area contributed by atoms with E-state index in [0.29, 0.717) is 41.1 Å². The van der Waals surface area contributed by atoms with Crippen LogP contribution in [0.4, 0.5) is 0 Å². The fraction of sp³-hybridized carbons (Fsp3) is 0.273. The molecule has 1 amide bonds. The molecule has 7 heteroatoms. The molecule has 150 valence electrons. The molecule has 1 atom stereocenters. The van der Waals surface area contributed by atoms with Crippen molar-refractivity contribution in [3.8, 4) is 5.75 Å². The van der Waals surface area contributed by atoms with Crippen molar-refractivity contribution in [3.05, 3.63) is 81.1 Å². The predicted molar refractivity (Wildman–Crippen MR) is 114 cm³/mol. The van der Waals surface area contributed by atoms with E-state index in [4.69, 9.17) is 27.9 Å². The third-order valence-corrected chi connectivity index (χ3v) is 5.83. The van der Waals surface area contributed by atoms with Crippen LogP contribution in [0.25, 0.3) is 0 Å². The summed E-state index contributed by atoms with van der Waals surface area (Å²) in [6, 6.07) is 15.5. The Balaban J connectivity index is 1.43. The first-order valence-electron chi connectivity index (χ1n) is 9.48. The molecule has 2 heterocycles. The Morgan fingerprint density at radius 3 is 2.79 bits per heavy atom. The van der Waals surface area contributed by atoms with Crippen LogP contribution in [-0.2, 0) is 13.0 Å². The summed E-state index contributed by atoms with van der Waals surface area (Å²) >= 11 is 12.7. The van der Waals surface area contributed by atoms with E-state index >= 15 is 0 Å². The van der Waals surface area contributed by atoms with Crippen LogP contribution >= 0.6 is 23.2 Å². The lowest BCUT2D eigenvalue weighted by molar-refractivity contribution is 0.0938. The van der Waals surface area contributed by atoms with E-state index in [1.54, 1.807) is 11.6 Å². The quantitative estimate of drug-likeness (QED) is 0.647. The van der Waals surface area contributed by atoms with E-state index in [2.05, 4.69) is 16.5 Å². The zero-order chi connectivity index (χ0) is 20.4. The van der Waals surface area contributed by atoms with Gasteiger partial charge in [0.15, 0.2) is 0 Å². The molecule has 4 rings (SSSR count). The highest BCUT2D eigenvalue weighted by atomic mass is 35.5. The van der Waals surface area contributed by atoms with Crippen LogP contribution in [0.5, 0.6) is 5.75 Å². The zero-order valence-corrected chi connectivity index (χ0v) is 17.5. The number of halogens is 2. The summed E-state index contributed by atoms with van der Waals surface area (Å²) < 4.78 is 7.40. The molecule has 3 aromatic rings. The van der Waals surface area contributed by atoms with Crippen LogP contribution in [0, 0.1) is 12.8 Å². The average molecular weight is 430 g/mol. The van der Waals surface area contributed by atoms with E-state index < -0.39 is 0 Å². The molecule has 1 aliphatic heterocycles. The van der Waals surface area contributed by atoms with Gasteiger partial charge >= 0.3 is 0 Å². The van der Waals surface area contributed by atoms with Gasteiger partial charge in [-0.3, -0.25) is 4.79 Å². The molecular weight excluding hydrogens is 409 g/mol. The summed E-state index contributed by atoms with van der Waals surface area (Å²) in [5, 5.41) is 8.37. The fourth-order valence-corrected chi connectivity index (χ4v) is 4.07. The predicted octanol–water partition coefficient (Wildman–Crippen LogP) is 4.53. The number of ether oxygens (including phenoxy) is 1. The molecule has 0 fully saturated rings. The molecule has 0 spiro atoms. The molecule has 29 heavy (non-hydrogen) atoms. The lowest BCUT2D eigenvalue weighted by atomic mass is 9.96. The number of nitrogens with zero attached hydrogens (tertiary/aromatic N) is 2. The van der Waals surface area contributed by atoms with Crippen molar-refractivity contribution in [1.82, 2.24) is 15.1 Å². The number of carbonyl (C=O) groups excluding carboxylic acids is 1. The number of carbonyl (C=O) groups is 1. The monoisotopic (exact) mass is 429 g/mol. The third kappa shape index (κ3) is 4.26. The summed E-state index contributed by atoms with van der Waals surface area (Å²) in [6.45, 7) is 3.28. The number of amides is 1. The van der Waals surface area contributed by atoms with Crippen LogP contribution in [0.3, 0.4) is 0 Å². The molecule has 1 unspecified atom stereocenters. The van der Waals surface area contributed by atoms with E-state index in [9.17, 15) is 4.79 Å². The van der Waals surface area contributed by atoms with Crippen molar-refractivity contribution >= 4 is 29.1 Å². The number of aryl methyl sites for hydroxylation is 1. The second-order valence-electron chi connectivity index (χ2n) is 7.20. The van der Waals surface area contributed by atoms with Gasteiger partial charge in [-0.2, -0.15) is 5.10 Å². The van der Waals surface area contributed by atoms with Gasteiger partial charge in [0.1, 0.15) is 10.9 Å². The van der Waals surface area contributed by atoms with Crippen LogP contribution in [0.2, 0.25) is 10.2 Å². The van der Waals surface area contributed by atoms with Gasteiger partial charge in [0.05, 0.1) is 24.4 Å². The van der Waals surface area contributed by atoms with Crippen molar-refractivity contribution in [1.29, 1.82) is 0 Å². The smallest absolute Gasteiger partial charge is 0.256 e. The first kappa shape index (κ1) is 19.8. The molecule has 0 aliphatic carbocycles. The maximum Gasteiger partial charge on any atom is 0.256 e. The van der Waals surface area contributed by atoms with Gasteiger partial charge in [-0.05, 0) is 36.6 Å². The minimum atomic E-state index is -0.225. The minimum Gasteiger partial charge on any atom is -0.493 e. The number of rotatable bonds is 5. The van der Waals surface area contributed by atoms with Crippen LogP contribution < -0.4 is 10.1 Å². The lowest BCUT2D eigenvalue weighted by Gasteiger charge is -2.25. The van der Waals surface area contributed by atoms with Gasteiger partial charge in [0, 0.05) is 17.5 Å². The first-order valence-corrected chi connectivity index (χ1v) is 10.2. The van der Waals surface area contributed by atoms with Crippen LogP contribution in [0.1, 0.15) is 27.2 Å². The molecule has 0 bridgehead atoms. The van der Waals surface area contributed by atoms with Gasteiger partial charge in [-0.25, -0.2) is 4.68 Å². The molecule has 2 aromatic carbocycles. The third-order valence-electron chi connectivity index (χ3n) is 5.08. The molecule has 5 nitrogen and oxygen atoms in total. The van der Waals surface area contributed by atoms with Crippen LogP contribution in [0.15, 0.2) is 48.5 Å². The number of benzene rings is 2. The molecule has 0 radical (unpaired) electrons. The van der Waals surface area contributed by atoms with E-state index in [1.165, 1.54) is 5.56 Å². The van der Waals surface area contributed by atoms with Gasteiger partial charge in [-0.15, -0.1) is 0 Å². The second kappa shape index (κ2) is 8.47. The summed E-state index contributed by atoms with van der Waals surface area (Å²) in [5.41, 5.74) is 3.05. The summed E-state index contributed by atoms with van der Waals surface area (Å²) in [7, 11) is 0. The number of aromatic nitrogens is 2. The Hall–Kier alpha value is -2.50. The summed E-state index contributed by atoms with van der Waals surface area (Å²) in [5.74, 6) is 0.915. The Morgan fingerprint density at radius 1 is 1.21 bits per heavy atom. The fourth-order valence-electron chi connectivity index (χ4n) is 3.55. The largest absolute Gasteiger partial charge is 0.493 e. The van der Waals surface area contributed by atoms with Gasteiger partial charge < -0.3 is 10.1 Å². The lowest BCUT2D eigenvalue weighted by Crippen LogP contribution is -2.35. The van der Waals surface area contributed by atoms with Gasteiger partial charge in [0.25, 0.3) is 5.91 Å². The van der Waals surface area contributed by atoms with Crippen molar-refractivity contribution in [2.24, 2.45) is 5.92 Å². The van der Waals surface area contributed by atoms with Gasteiger partial charge in [-0.1, -0.05) is 59.6 Å².